The van der Waals surface area contributed by atoms with Gasteiger partial charge in [0.05, 0.1) is 12.6 Å². The molecule has 0 fully saturated rings. The number of hydrogen-bond acceptors (Lipinski definition) is 4. The third-order valence-corrected chi connectivity index (χ3v) is 3.52. The molecule has 1 aromatic heterocycles. The summed E-state index contributed by atoms with van der Waals surface area (Å²) in [7, 11) is 1.56. The maximum atomic E-state index is 12.1. The summed E-state index contributed by atoms with van der Waals surface area (Å²) in [4.78, 5) is 25.8. The molecule has 1 amide bonds. The Hall–Kier alpha value is -3.02. The molecule has 6 nitrogen and oxygen atoms in total. The molecule has 0 unspecified atom stereocenters. The minimum Gasteiger partial charge on any atom is -0.497 e. The molecule has 2 N–H and O–H groups in total. The molecular formula is C17H16N2O4. The van der Waals surface area contributed by atoms with Crippen molar-refractivity contribution in [3.05, 3.63) is 64.1 Å². The number of amides is 1. The van der Waals surface area contributed by atoms with Crippen molar-refractivity contribution in [1.29, 1.82) is 0 Å². The normalized spacial score (nSPS) is 10.7. The molecule has 118 valence electrons. The van der Waals surface area contributed by atoms with Gasteiger partial charge in [0.2, 0.25) is 0 Å². The highest BCUT2D eigenvalue weighted by Crippen LogP contribution is 2.14. The summed E-state index contributed by atoms with van der Waals surface area (Å²) >= 11 is 0. The number of H-pyrrole nitrogens is 1. The molecule has 6 heteroatoms. The molecule has 0 aliphatic rings. The van der Waals surface area contributed by atoms with Crippen LogP contribution in [0.3, 0.4) is 0 Å². The van der Waals surface area contributed by atoms with Crippen LogP contribution in [0.25, 0.3) is 11.1 Å². The Labute approximate surface area is 132 Å². The largest absolute Gasteiger partial charge is 0.497 e. The van der Waals surface area contributed by atoms with Crippen LogP contribution >= 0.6 is 0 Å². The van der Waals surface area contributed by atoms with Crippen molar-refractivity contribution >= 4 is 17.0 Å². The highest BCUT2D eigenvalue weighted by molar-refractivity contribution is 5.94. The van der Waals surface area contributed by atoms with E-state index < -0.39 is 5.76 Å². The second kappa shape index (κ2) is 6.39. The Morgan fingerprint density at radius 3 is 2.96 bits per heavy atom. The van der Waals surface area contributed by atoms with Gasteiger partial charge in [-0.25, -0.2) is 4.79 Å². The lowest BCUT2D eigenvalue weighted by atomic mass is 10.1. The Balaban J connectivity index is 1.61. The number of aromatic amines is 1. The quantitative estimate of drug-likeness (QED) is 0.755. The fraction of sp³-hybridized carbons (Fsp3) is 0.176. The highest BCUT2D eigenvalue weighted by Gasteiger charge is 2.07. The average molecular weight is 312 g/mol. The van der Waals surface area contributed by atoms with Gasteiger partial charge in [0, 0.05) is 12.1 Å². The van der Waals surface area contributed by atoms with Crippen LogP contribution in [0.4, 0.5) is 0 Å². The molecule has 0 atom stereocenters. The first-order valence-corrected chi connectivity index (χ1v) is 7.20. The maximum Gasteiger partial charge on any atom is 0.417 e. The Bertz CT molecular complexity index is 895. The van der Waals surface area contributed by atoms with Crippen molar-refractivity contribution < 1.29 is 13.9 Å². The number of hydrogen-bond donors (Lipinski definition) is 2. The number of carbonyl (C=O) groups is 1. The highest BCUT2D eigenvalue weighted by atomic mass is 16.5. The Morgan fingerprint density at radius 1 is 1.26 bits per heavy atom. The van der Waals surface area contributed by atoms with Gasteiger partial charge in [0.25, 0.3) is 5.91 Å². The van der Waals surface area contributed by atoms with E-state index in [1.807, 2.05) is 6.07 Å². The maximum absolute atomic E-state index is 12.1. The van der Waals surface area contributed by atoms with Crippen LogP contribution in [0.1, 0.15) is 15.9 Å². The van der Waals surface area contributed by atoms with E-state index in [0.29, 0.717) is 35.4 Å². The number of rotatable bonds is 5. The average Bonchev–Trinajstić information content (AvgIpc) is 2.94. The molecular weight excluding hydrogens is 296 g/mol. The van der Waals surface area contributed by atoms with Gasteiger partial charge in [-0.3, -0.25) is 9.78 Å². The number of fused-ring (bicyclic) bond motifs is 1. The van der Waals surface area contributed by atoms with Crippen molar-refractivity contribution in [3.8, 4) is 5.75 Å². The predicted molar refractivity (Wildman–Crippen MR) is 85.9 cm³/mol. The fourth-order valence-corrected chi connectivity index (χ4v) is 2.33. The van der Waals surface area contributed by atoms with E-state index in [-0.39, 0.29) is 5.91 Å². The second-order valence-electron chi connectivity index (χ2n) is 5.08. The van der Waals surface area contributed by atoms with Crippen molar-refractivity contribution in [3.63, 3.8) is 0 Å². The lowest BCUT2D eigenvalue weighted by molar-refractivity contribution is 0.0954. The van der Waals surface area contributed by atoms with E-state index in [1.54, 1.807) is 43.5 Å². The number of benzene rings is 2. The van der Waals surface area contributed by atoms with E-state index in [9.17, 15) is 9.59 Å². The molecule has 23 heavy (non-hydrogen) atoms. The number of nitrogens with one attached hydrogen (secondary N) is 2. The van der Waals surface area contributed by atoms with E-state index in [2.05, 4.69) is 10.3 Å². The first-order chi connectivity index (χ1) is 11.2. The van der Waals surface area contributed by atoms with Gasteiger partial charge in [-0.1, -0.05) is 12.1 Å². The lowest BCUT2D eigenvalue weighted by Gasteiger charge is -2.07. The van der Waals surface area contributed by atoms with Gasteiger partial charge in [-0.05, 0) is 42.3 Å². The minimum absolute atomic E-state index is 0.154. The van der Waals surface area contributed by atoms with Gasteiger partial charge >= 0.3 is 5.76 Å². The molecule has 2 aromatic carbocycles. The summed E-state index contributed by atoms with van der Waals surface area (Å²) in [6, 6.07) is 12.5. The van der Waals surface area contributed by atoms with Crippen LogP contribution < -0.4 is 15.8 Å². The van der Waals surface area contributed by atoms with Gasteiger partial charge < -0.3 is 14.5 Å². The Kier molecular flexibility index (Phi) is 4.14. The number of ether oxygens (including phenoxy) is 1. The molecule has 1 heterocycles. The monoisotopic (exact) mass is 312 g/mol. The van der Waals surface area contributed by atoms with Crippen LogP contribution in [0, 0.1) is 0 Å². The molecule has 0 bridgehead atoms. The van der Waals surface area contributed by atoms with Crippen LogP contribution in [-0.2, 0) is 6.42 Å². The van der Waals surface area contributed by atoms with Crippen molar-refractivity contribution in [2.75, 3.05) is 13.7 Å². The first-order valence-electron chi connectivity index (χ1n) is 7.20. The third kappa shape index (κ3) is 3.42. The molecule has 0 aliphatic carbocycles. The molecule has 0 spiro atoms. The van der Waals surface area contributed by atoms with Crippen LogP contribution in [-0.4, -0.2) is 24.5 Å². The molecule has 0 saturated carbocycles. The standard InChI is InChI=1S/C17H16N2O4/c1-22-13-4-2-3-12(10-13)16(20)18-8-7-11-5-6-14-15(9-11)23-17(21)19-14/h2-6,9-10H,7-8H2,1H3,(H,18,20)(H,19,21). The predicted octanol–water partition coefficient (Wildman–Crippen LogP) is 2.10. The van der Waals surface area contributed by atoms with Crippen LogP contribution in [0.15, 0.2) is 51.7 Å². The number of methoxy groups -OCH3 is 1. The zero-order chi connectivity index (χ0) is 16.2. The smallest absolute Gasteiger partial charge is 0.417 e. The minimum atomic E-state index is -0.469. The lowest BCUT2D eigenvalue weighted by Crippen LogP contribution is -2.25. The second-order valence-corrected chi connectivity index (χ2v) is 5.08. The summed E-state index contributed by atoms with van der Waals surface area (Å²) in [6.07, 6.45) is 0.639. The topological polar surface area (TPSA) is 84.3 Å². The van der Waals surface area contributed by atoms with Gasteiger partial charge in [-0.2, -0.15) is 0 Å². The summed E-state index contributed by atoms with van der Waals surface area (Å²) in [6.45, 7) is 0.482. The van der Waals surface area contributed by atoms with E-state index in [0.717, 1.165) is 5.56 Å². The number of carbonyl (C=O) groups excluding carboxylic acids is 1. The van der Waals surface area contributed by atoms with E-state index in [4.69, 9.17) is 9.15 Å². The molecule has 3 rings (SSSR count). The summed E-state index contributed by atoms with van der Waals surface area (Å²) in [5.41, 5.74) is 2.72. The molecule has 0 saturated heterocycles. The summed E-state index contributed by atoms with van der Waals surface area (Å²) in [5, 5.41) is 2.86. The summed E-state index contributed by atoms with van der Waals surface area (Å²) in [5.74, 6) is 0.0206. The molecule has 0 radical (unpaired) electrons. The number of oxazole rings is 1. The zero-order valence-corrected chi connectivity index (χ0v) is 12.6. The first kappa shape index (κ1) is 14.9. The fourth-order valence-electron chi connectivity index (χ4n) is 2.33. The van der Waals surface area contributed by atoms with Crippen LogP contribution in [0.5, 0.6) is 5.75 Å². The summed E-state index contributed by atoms with van der Waals surface area (Å²) < 4.78 is 10.1. The van der Waals surface area contributed by atoms with E-state index in [1.165, 1.54) is 0 Å². The van der Waals surface area contributed by atoms with Crippen molar-refractivity contribution in [1.82, 2.24) is 10.3 Å². The molecule has 0 aliphatic heterocycles. The van der Waals surface area contributed by atoms with Gasteiger partial charge in [0.1, 0.15) is 5.75 Å². The zero-order valence-electron chi connectivity index (χ0n) is 12.6. The van der Waals surface area contributed by atoms with Crippen LogP contribution in [0.2, 0.25) is 0 Å². The third-order valence-electron chi connectivity index (χ3n) is 3.52. The van der Waals surface area contributed by atoms with Crippen molar-refractivity contribution in [2.24, 2.45) is 0 Å². The number of aromatic nitrogens is 1. The van der Waals surface area contributed by atoms with Crippen molar-refractivity contribution in [2.45, 2.75) is 6.42 Å². The Morgan fingerprint density at radius 2 is 2.13 bits per heavy atom. The van der Waals surface area contributed by atoms with E-state index >= 15 is 0 Å². The van der Waals surface area contributed by atoms with Gasteiger partial charge in [-0.15, -0.1) is 0 Å². The SMILES string of the molecule is COc1cccc(C(=O)NCCc2ccc3[nH]c(=O)oc3c2)c1. The van der Waals surface area contributed by atoms with Gasteiger partial charge in [0.15, 0.2) is 5.58 Å². The molecule has 3 aromatic rings.